The number of hydrogen-bond acceptors (Lipinski definition) is 4. The molecule has 0 spiro atoms. The third kappa shape index (κ3) is 3.44. The van der Waals surface area contributed by atoms with E-state index in [1.807, 2.05) is 13.8 Å². The Labute approximate surface area is 118 Å². The van der Waals surface area contributed by atoms with Crippen LogP contribution in [-0.4, -0.2) is 23.1 Å². The lowest BCUT2D eigenvalue weighted by Gasteiger charge is -2.08. The fraction of sp³-hybridized carbons (Fsp3) is 0.333. The number of ether oxygens (including phenoxy) is 1. The van der Waals surface area contributed by atoms with E-state index < -0.39 is 5.82 Å². The molecule has 1 N–H and O–H groups in total. The van der Waals surface area contributed by atoms with Crippen LogP contribution < -0.4 is 10.1 Å². The fourth-order valence-electron chi connectivity index (χ4n) is 1.77. The van der Waals surface area contributed by atoms with Gasteiger partial charge >= 0.3 is 0 Å². The molecule has 1 heterocycles. The first-order chi connectivity index (χ1) is 9.74. The SMILES string of the molecule is CCCNc1ncc(F)c(-c2ccc(OCC)cc2)n1. The molecule has 20 heavy (non-hydrogen) atoms. The second-order valence-electron chi connectivity index (χ2n) is 4.27. The van der Waals surface area contributed by atoms with Crippen molar-refractivity contribution in [3.05, 3.63) is 36.3 Å². The molecule has 0 aliphatic carbocycles. The number of hydrogen-bond donors (Lipinski definition) is 1. The van der Waals surface area contributed by atoms with Crippen LogP contribution >= 0.6 is 0 Å². The summed E-state index contributed by atoms with van der Waals surface area (Å²) < 4.78 is 19.2. The summed E-state index contributed by atoms with van der Waals surface area (Å²) in [6.45, 7) is 5.33. The van der Waals surface area contributed by atoms with E-state index in [2.05, 4.69) is 15.3 Å². The molecule has 0 aliphatic heterocycles. The molecule has 0 fully saturated rings. The van der Waals surface area contributed by atoms with Crippen molar-refractivity contribution >= 4 is 5.95 Å². The zero-order valence-electron chi connectivity index (χ0n) is 11.7. The summed E-state index contributed by atoms with van der Waals surface area (Å²) in [5, 5.41) is 3.05. The summed E-state index contributed by atoms with van der Waals surface area (Å²) in [6.07, 6.45) is 2.15. The maximum atomic E-state index is 13.8. The molecule has 2 aromatic rings. The lowest BCUT2D eigenvalue weighted by atomic mass is 10.1. The van der Waals surface area contributed by atoms with Crippen LogP contribution in [0.1, 0.15) is 20.3 Å². The first kappa shape index (κ1) is 14.2. The zero-order valence-corrected chi connectivity index (χ0v) is 11.7. The molecule has 0 saturated heterocycles. The summed E-state index contributed by atoms with van der Waals surface area (Å²) >= 11 is 0. The van der Waals surface area contributed by atoms with Crippen LogP contribution in [0, 0.1) is 5.82 Å². The molecule has 1 aromatic heterocycles. The van der Waals surface area contributed by atoms with E-state index in [4.69, 9.17) is 4.74 Å². The highest BCUT2D eigenvalue weighted by atomic mass is 19.1. The summed E-state index contributed by atoms with van der Waals surface area (Å²) in [7, 11) is 0. The molecule has 5 heteroatoms. The Morgan fingerprint density at radius 3 is 2.60 bits per heavy atom. The lowest BCUT2D eigenvalue weighted by Crippen LogP contribution is -2.05. The maximum absolute atomic E-state index is 13.8. The van der Waals surface area contributed by atoms with Crippen LogP contribution in [0.15, 0.2) is 30.5 Å². The van der Waals surface area contributed by atoms with Gasteiger partial charge in [-0.3, -0.25) is 0 Å². The number of nitrogens with one attached hydrogen (secondary N) is 1. The summed E-state index contributed by atoms with van der Waals surface area (Å²) in [6, 6.07) is 7.19. The summed E-state index contributed by atoms with van der Waals surface area (Å²) in [5.74, 6) is 0.767. The Morgan fingerprint density at radius 2 is 1.95 bits per heavy atom. The van der Waals surface area contributed by atoms with Crippen molar-refractivity contribution in [2.45, 2.75) is 20.3 Å². The Morgan fingerprint density at radius 1 is 1.20 bits per heavy atom. The molecule has 1 aromatic carbocycles. The van der Waals surface area contributed by atoms with Gasteiger partial charge in [0.1, 0.15) is 11.4 Å². The quantitative estimate of drug-likeness (QED) is 0.876. The van der Waals surface area contributed by atoms with Crippen LogP contribution in [0.3, 0.4) is 0 Å². The highest BCUT2D eigenvalue weighted by Crippen LogP contribution is 2.23. The molecule has 0 aliphatic rings. The van der Waals surface area contributed by atoms with Crippen molar-refractivity contribution < 1.29 is 9.13 Å². The van der Waals surface area contributed by atoms with E-state index in [9.17, 15) is 4.39 Å². The number of benzene rings is 1. The number of nitrogens with zero attached hydrogens (tertiary/aromatic N) is 2. The number of aromatic nitrogens is 2. The molecule has 106 valence electrons. The van der Waals surface area contributed by atoms with E-state index in [-0.39, 0.29) is 0 Å². The molecule has 4 nitrogen and oxygen atoms in total. The van der Waals surface area contributed by atoms with Crippen molar-refractivity contribution in [1.82, 2.24) is 9.97 Å². The second kappa shape index (κ2) is 6.84. The molecule has 2 rings (SSSR count). The average Bonchev–Trinajstić information content (AvgIpc) is 2.48. The van der Waals surface area contributed by atoms with Gasteiger partial charge in [-0.05, 0) is 37.6 Å². The Kier molecular flexibility index (Phi) is 4.87. The zero-order chi connectivity index (χ0) is 14.4. The predicted molar refractivity (Wildman–Crippen MR) is 77.4 cm³/mol. The van der Waals surface area contributed by atoms with Gasteiger partial charge in [-0.25, -0.2) is 14.4 Å². The fourth-order valence-corrected chi connectivity index (χ4v) is 1.77. The minimum Gasteiger partial charge on any atom is -0.494 e. The van der Waals surface area contributed by atoms with E-state index >= 15 is 0 Å². The van der Waals surface area contributed by atoms with Crippen molar-refractivity contribution in [2.24, 2.45) is 0 Å². The van der Waals surface area contributed by atoms with Gasteiger partial charge in [0, 0.05) is 12.1 Å². The van der Waals surface area contributed by atoms with Crippen molar-refractivity contribution in [1.29, 1.82) is 0 Å². The van der Waals surface area contributed by atoms with Gasteiger partial charge < -0.3 is 10.1 Å². The summed E-state index contributed by atoms with van der Waals surface area (Å²) in [5.41, 5.74) is 0.995. The monoisotopic (exact) mass is 275 g/mol. The van der Waals surface area contributed by atoms with Crippen LogP contribution in [-0.2, 0) is 0 Å². The third-order valence-electron chi connectivity index (χ3n) is 2.72. The van der Waals surface area contributed by atoms with Gasteiger partial charge in [0.15, 0.2) is 5.82 Å². The van der Waals surface area contributed by atoms with Gasteiger partial charge in [-0.2, -0.15) is 0 Å². The van der Waals surface area contributed by atoms with Gasteiger partial charge in [0.2, 0.25) is 5.95 Å². The van der Waals surface area contributed by atoms with E-state index in [0.717, 1.165) is 18.7 Å². The maximum Gasteiger partial charge on any atom is 0.223 e. The largest absolute Gasteiger partial charge is 0.494 e. The van der Waals surface area contributed by atoms with Gasteiger partial charge in [0.05, 0.1) is 12.8 Å². The molecule has 0 bridgehead atoms. The molecular weight excluding hydrogens is 257 g/mol. The Bertz CT molecular complexity index is 558. The van der Waals surface area contributed by atoms with E-state index in [1.165, 1.54) is 6.20 Å². The van der Waals surface area contributed by atoms with Gasteiger partial charge in [0.25, 0.3) is 0 Å². The van der Waals surface area contributed by atoms with Crippen molar-refractivity contribution in [2.75, 3.05) is 18.5 Å². The molecule has 0 amide bonds. The highest BCUT2D eigenvalue weighted by molar-refractivity contribution is 5.61. The number of anilines is 1. The Hall–Kier alpha value is -2.17. The van der Waals surface area contributed by atoms with Crippen molar-refractivity contribution in [3.8, 4) is 17.0 Å². The predicted octanol–water partition coefficient (Wildman–Crippen LogP) is 3.50. The molecule has 0 saturated carbocycles. The van der Waals surface area contributed by atoms with Crippen LogP contribution in [0.2, 0.25) is 0 Å². The number of rotatable bonds is 6. The topological polar surface area (TPSA) is 47.0 Å². The molecule has 0 atom stereocenters. The first-order valence-corrected chi connectivity index (χ1v) is 6.74. The summed E-state index contributed by atoms with van der Waals surface area (Å²) in [4.78, 5) is 8.14. The minimum atomic E-state index is -0.434. The first-order valence-electron chi connectivity index (χ1n) is 6.74. The number of halogens is 1. The van der Waals surface area contributed by atoms with Crippen LogP contribution in [0.25, 0.3) is 11.3 Å². The minimum absolute atomic E-state index is 0.293. The molecule has 0 unspecified atom stereocenters. The van der Waals surface area contributed by atoms with Crippen molar-refractivity contribution in [3.63, 3.8) is 0 Å². The Balaban J connectivity index is 2.26. The highest BCUT2D eigenvalue weighted by Gasteiger charge is 2.09. The third-order valence-corrected chi connectivity index (χ3v) is 2.72. The average molecular weight is 275 g/mol. The van der Waals surface area contributed by atoms with Gasteiger partial charge in [-0.15, -0.1) is 0 Å². The van der Waals surface area contributed by atoms with E-state index in [1.54, 1.807) is 24.3 Å². The molecule has 0 radical (unpaired) electrons. The smallest absolute Gasteiger partial charge is 0.223 e. The van der Waals surface area contributed by atoms with Crippen LogP contribution in [0.5, 0.6) is 5.75 Å². The lowest BCUT2D eigenvalue weighted by molar-refractivity contribution is 0.340. The van der Waals surface area contributed by atoms with E-state index in [0.29, 0.717) is 23.8 Å². The van der Waals surface area contributed by atoms with Gasteiger partial charge in [-0.1, -0.05) is 6.92 Å². The standard InChI is InChI=1S/C15H18FN3O/c1-3-9-17-15-18-10-13(16)14(19-15)11-5-7-12(8-6-11)20-4-2/h5-8,10H,3-4,9H2,1-2H3,(H,17,18,19). The second-order valence-corrected chi connectivity index (χ2v) is 4.27. The van der Waals surface area contributed by atoms with Crippen LogP contribution in [0.4, 0.5) is 10.3 Å². The molecular formula is C15H18FN3O. The normalized spacial score (nSPS) is 10.3.